The van der Waals surface area contributed by atoms with Crippen LogP contribution in [0.4, 0.5) is 4.39 Å². The van der Waals surface area contributed by atoms with Crippen molar-refractivity contribution >= 4 is 17.1 Å². The number of benzene rings is 2. The fourth-order valence-electron chi connectivity index (χ4n) is 3.18. The fraction of sp³-hybridized carbons (Fsp3) is 0.100. The molecule has 0 fully saturated rings. The molecule has 0 aliphatic heterocycles. The van der Waals surface area contributed by atoms with Crippen LogP contribution in [-0.4, -0.2) is 39.6 Å². The number of imidazole rings is 1. The zero-order valence-electron chi connectivity index (χ0n) is 16.0. The molecule has 0 radical (unpaired) electrons. The minimum Gasteiger partial charge on any atom is -0.493 e. The van der Waals surface area contributed by atoms with Gasteiger partial charge in [0.2, 0.25) is 0 Å². The highest BCUT2D eigenvalue weighted by molar-refractivity contribution is 6.02. The van der Waals surface area contributed by atoms with Gasteiger partial charge in [-0.15, -0.1) is 0 Å². The van der Waals surface area contributed by atoms with E-state index >= 15 is 0 Å². The molecule has 10 heteroatoms. The number of aromatic nitrogens is 4. The first-order valence-corrected chi connectivity index (χ1v) is 8.74. The predicted octanol–water partition coefficient (Wildman–Crippen LogP) is 2.03. The van der Waals surface area contributed by atoms with Crippen molar-refractivity contribution in [1.82, 2.24) is 19.5 Å². The molecule has 2 aromatic heterocycles. The van der Waals surface area contributed by atoms with E-state index < -0.39 is 17.4 Å². The highest BCUT2D eigenvalue weighted by atomic mass is 19.1. The van der Waals surface area contributed by atoms with Gasteiger partial charge >= 0.3 is 5.69 Å². The van der Waals surface area contributed by atoms with Gasteiger partial charge in [0.05, 0.1) is 25.5 Å². The van der Waals surface area contributed by atoms with Crippen LogP contribution in [0.3, 0.4) is 0 Å². The number of carbonyl (C=O) groups excluding carboxylic acids is 1. The molecule has 4 aromatic rings. The zero-order valence-corrected chi connectivity index (χ0v) is 16.0. The summed E-state index contributed by atoms with van der Waals surface area (Å²) in [7, 11) is 2.94. The lowest BCUT2D eigenvalue weighted by atomic mass is 10.1. The van der Waals surface area contributed by atoms with Gasteiger partial charge in [0.25, 0.3) is 5.91 Å². The Morgan fingerprint density at radius 2 is 1.83 bits per heavy atom. The molecule has 0 atom stereocenters. The Morgan fingerprint density at radius 3 is 2.47 bits per heavy atom. The number of nitrogens with one attached hydrogen (secondary N) is 1. The number of hydrogen-bond donors (Lipinski definition) is 2. The highest BCUT2D eigenvalue weighted by Gasteiger charge is 2.22. The Labute approximate surface area is 168 Å². The van der Waals surface area contributed by atoms with Gasteiger partial charge in [-0.05, 0) is 36.4 Å². The lowest BCUT2D eigenvalue weighted by Gasteiger charge is -2.12. The van der Waals surface area contributed by atoms with Gasteiger partial charge in [-0.25, -0.2) is 23.7 Å². The topological polar surface area (TPSA) is 125 Å². The van der Waals surface area contributed by atoms with Crippen LogP contribution in [-0.2, 0) is 0 Å². The maximum atomic E-state index is 13.3. The molecule has 0 saturated heterocycles. The van der Waals surface area contributed by atoms with Gasteiger partial charge in [-0.2, -0.15) is 0 Å². The van der Waals surface area contributed by atoms with Gasteiger partial charge < -0.3 is 20.2 Å². The number of para-hydroxylation sites is 1. The van der Waals surface area contributed by atoms with Crippen molar-refractivity contribution in [3.8, 4) is 28.6 Å². The molecule has 30 heavy (non-hydrogen) atoms. The molecule has 3 N–H and O–H groups in total. The molecule has 0 bridgehead atoms. The summed E-state index contributed by atoms with van der Waals surface area (Å²) in [5.41, 5.74) is 5.72. The molecule has 0 unspecified atom stereocenters. The quantitative estimate of drug-likeness (QED) is 0.520. The SMILES string of the molecule is COc1cccc(-c2nc(C(N)=O)c3[nH]c(=O)n(-c4ccc(F)cc4)c3n2)c1OC. The van der Waals surface area contributed by atoms with E-state index in [2.05, 4.69) is 15.0 Å². The highest BCUT2D eigenvalue weighted by Crippen LogP contribution is 2.37. The number of primary amides is 1. The summed E-state index contributed by atoms with van der Waals surface area (Å²) in [6, 6.07) is 10.3. The maximum absolute atomic E-state index is 13.3. The van der Waals surface area contributed by atoms with E-state index in [0.717, 1.165) is 0 Å². The van der Waals surface area contributed by atoms with E-state index in [1.54, 1.807) is 18.2 Å². The number of nitrogens with zero attached hydrogens (tertiary/aromatic N) is 3. The summed E-state index contributed by atoms with van der Waals surface area (Å²) < 4.78 is 25.3. The first-order chi connectivity index (χ1) is 14.4. The average Bonchev–Trinajstić information content (AvgIpc) is 3.08. The van der Waals surface area contributed by atoms with Crippen LogP contribution >= 0.6 is 0 Å². The Hall–Kier alpha value is -4.21. The maximum Gasteiger partial charge on any atom is 0.332 e. The number of rotatable bonds is 5. The number of halogens is 1. The zero-order chi connectivity index (χ0) is 21.4. The third-order valence-corrected chi connectivity index (χ3v) is 4.50. The Bertz CT molecular complexity index is 1330. The van der Waals surface area contributed by atoms with Gasteiger partial charge in [0, 0.05) is 0 Å². The van der Waals surface area contributed by atoms with E-state index in [-0.39, 0.29) is 22.7 Å². The standard InChI is InChI=1S/C20H16FN5O4/c1-29-13-5-3-4-12(16(13)30-2)18-23-14(17(22)27)15-19(25-18)26(20(28)24-15)11-8-6-10(21)7-9-11/h3-9H,1-2H3,(H2,22,27)(H,24,28). The molecule has 152 valence electrons. The van der Waals surface area contributed by atoms with Crippen LogP contribution in [0.2, 0.25) is 0 Å². The molecule has 0 saturated carbocycles. The Balaban J connectivity index is 2.07. The van der Waals surface area contributed by atoms with Crippen molar-refractivity contribution in [2.75, 3.05) is 14.2 Å². The number of carbonyl (C=O) groups is 1. The molecular formula is C20H16FN5O4. The van der Waals surface area contributed by atoms with Crippen LogP contribution in [0.5, 0.6) is 11.5 Å². The van der Waals surface area contributed by atoms with Crippen LogP contribution in [0, 0.1) is 5.82 Å². The lowest BCUT2D eigenvalue weighted by molar-refractivity contribution is 0.0997. The first-order valence-electron chi connectivity index (χ1n) is 8.74. The number of amides is 1. The van der Waals surface area contributed by atoms with Crippen molar-refractivity contribution < 1.29 is 18.7 Å². The number of ether oxygens (including phenoxy) is 2. The molecule has 2 aromatic carbocycles. The molecular weight excluding hydrogens is 393 g/mol. The Kier molecular flexibility index (Phi) is 4.66. The third-order valence-electron chi connectivity index (χ3n) is 4.50. The summed E-state index contributed by atoms with van der Waals surface area (Å²) >= 11 is 0. The molecule has 2 heterocycles. The average molecular weight is 409 g/mol. The van der Waals surface area contributed by atoms with Gasteiger partial charge in [0.15, 0.2) is 28.7 Å². The lowest BCUT2D eigenvalue weighted by Crippen LogP contribution is -2.15. The van der Waals surface area contributed by atoms with Gasteiger partial charge in [-0.3, -0.25) is 4.79 Å². The predicted molar refractivity (Wildman–Crippen MR) is 107 cm³/mol. The molecule has 4 rings (SSSR count). The summed E-state index contributed by atoms with van der Waals surface area (Å²) in [6.45, 7) is 0. The number of hydrogen-bond acceptors (Lipinski definition) is 6. The smallest absolute Gasteiger partial charge is 0.332 e. The molecule has 9 nitrogen and oxygen atoms in total. The molecule has 0 aliphatic rings. The Morgan fingerprint density at radius 1 is 1.10 bits per heavy atom. The minimum absolute atomic E-state index is 0.0717. The van der Waals surface area contributed by atoms with Crippen molar-refractivity contribution in [3.63, 3.8) is 0 Å². The van der Waals surface area contributed by atoms with Crippen LogP contribution < -0.4 is 20.9 Å². The number of methoxy groups -OCH3 is 2. The number of H-pyrrole nitrogens is 1. The fourth-order valence-corrected chi connectivity index (χ4v) is 3.18. The van der Waals surface area contributed by atoms with Crippen molar-refractivity contribution in [3.05, 3.63) is 64.5 Å². The summed E-state index contributed by atoms with van der Waals surface area (Å²) in [5, 5.41) is 0. The first kappa shape index (κ1) is 19.1. The van der Waals surface area contributed by atoms with Crippen molar-refractivity contribution in [1.29, 1.82) is 0 Å². The van der Waals surface area contributed by atoms with E-state index in [9.17, 15) is 14.0 Å². The van der Waals surface area contributed by atoms with Crippen LogP contribution in [0.15, 0.2) is 47.3 Å². The second kappa shape index (κ2) is 7.32. The summed E-state index contributed by atoms with van der Waals surface area (Å²) in [5.74, 6) is -0.425. The normalized spacial score (nSPS) is 10.9. The molecule has 1 amide bonds. The van der Waals surface area contributed by atoms with Crippen molar-refractivity contribution in [2.45, 2.75) is 0 Å². The van der Waals surface area contributed by atoms with Crippen molar-refractivity contribution in [2.24, 2.45) is 5.73 Å². The van der Waals surface area contributed by atoms with Gasteiger partial charge in [0.1, 0.15) is 11.3 Å². The van der Waals surface area contributed by atoms with Crippen LogP contribution in [0.25, 0.3) is 28.2 Å². The summed E-state index contributed by atoms with van der Waals surface area (Å²) in [4.78, 5) is 36.0. The van der Waals surface area contributed by atoms with E-state index in [1.807, 2.05) is 0 Å². The number of fused-ring (bicyclic) bond motifs is 1. The largest absolute Gasteiger partial charge is 0.493 e. The van der Waals surface area contributed by atoms with Gasteiger partial charge in [-0.1, -0.05) is 6.07 Å². The number of aromatic amines is 1. The second-order valence-electron chi connectivity index (χ2n) is 6.24. The second-order valence-corrected chi connectivity index (χ2v) is 6.24. The number of nitrogens with two attached hydrogens (primary N) is 1. The monoisotopic (exact) mass is 409 g/mol. The van der Waals surface area contributed by atoms with Crippen LogP contribution in [0.1, 0.15) is 10.5 Å². The minimum atomic E-state index is -0.849. The molecule has 0 aliphatic carbocycles. The van der Waals surface area contributed by atoms with E-state index in [1.165, 1.54) is 43.1 Å². The van der Waals surface area contributed by atoms with E-state index in [4.69, 9.17) is 15.2 Å². The third kappa shape index (κ3) is 3.04. The molecule has 0 spiro atoms. The summed E-state index contributed by atoms with van der Waals surface area (Å²) in [6.07, 6.45) is 0. The van der Waals surface area contributed by atoms with E-state index in [0.29, 0.717) is 22.7 Å².